The minimum atomic E-state index is 0.347. The fraction of sp³-hybridized carbons (Fsp3) is 0.143. The van der Waals surface area contributed by atoms with Gasteiger partial charge in [-0.15, -0.1) is 0 Å². The molecular formula is C28H24N16S4. The number of fused-ring (bicyclic) bond motifs is 6. The first kappa shape index (κ1) is 31.2. The van der Waals surface area contributed by atoms with Crippen molar-refractivity contribution in [1.82, 2.24) is 59.5 Å². The van der Waals surface area contributed by atoms with Gasteiger partial charge in [-0.05, 0) is 48.9 Å². The summed E-state index contributed by atoms with van der Waals surface area (Å²) in [5.41, 5.74) is 3.19. The maximum Gasteiger partial charge on any atom is 0.216 e. The van der Waals surface area contributed by atoms with Crippen LogP contribution in [0.4, 0.5) is 0 Å². The minimum Gasteiger partial charge on any atom is -0.250 e. The predicted molar refractivity (Wildman–Crippen MR) is 189 cm³/mol. The molecular weight excluding hydrogens is 689 g/mol. The van der Waals surface area contributed by atoms with Gasteiger partial charge >= 0.3 is 0 Å². The fourth-order valence-corrected chi connectivity index (χ4v) is 5.63. The summed E-state index contributed by atoms with van der Waals surface area (Å²) in [6.07, 6.45) is 8.58. The summed E-state index contributed by atoms with van der Waals surface area (Å²) in [6.45, 7) is 0. The highest BCUT2D eigenvalue weighted by Gasteiger charge is 2.13. The number of aromatic nitrogens is 12. The Morgan fingerprint density at radius 3 is 0.854 bits per heavy atom. The fourth-order valence-electron chi connectivity index (χ4n) is 4.84. The quantitative estimate of drug-likeness (QED) is 0.170. The summed E-state index contributed by atoms with van der Waals surface area (Å²) in [5.74, 6) is 2.42. The Morgan fingerprint density at radius 1 is 0.396 bits per heavy atom. The van der Waals surface area contributed by atoms with Crippen LogP contribution in [0.15, 0.2) is 68.9 Å². The Hall–Kier alpha value is -5.44. The van der Waals surface area contributed by atoms with Gasteiger partial charge in [-0.1, -0.05) is 48.5 Å². The van der Waals surface area contributed by atoms with Crippen molar-refractivity contribution in [3.05, 3.63) is 113 Å². The lowest BCUT2D eigenvalue weighted by Gasteiger charge is -2.05. The normalized spacial score (nSPS) is 16.2. The van der Waals surface area contributed by atoms with Crippen molar-refractivity contribution in [3.63, 3.8) is 0 Å². The second-order valence-electron chi connectivity index (χ2n) is 10.3. The molecule has 0 bridgehead atoms. The largest absolute Gasteiger partial charge is 0.250 e. The van der Waals surface area contributed by atoms with E-state index in [2.05, 4.69) is 61.2 Å². The highest BCUT2D eigenvalue weighted by molar-refractivity contribution is 7.71. The molecule has 0 saturated carbocycles. The number of rotatable bonds is 0. The first-order valence-electron chi connectivity index (χ1n) is 14.5. The van der Waals surface area contributed by atoms with Crippen LogP contribution in [0.3, 0.4) is 0 Å². The molecule has 0 amide bonds. The molecule has 20 heteroatoms. The lowest BCUT2D eigenvalue weighted by molar-refractivity contribution is 0.698. The molecule has 16 nitrogen and oxygen atoms in total. The van der Waals surface area contributed by atoms with Gasteiger partial charge in [0.1, 0.15) is 0 Å². The van der Waals surface area contributed by atoms with Gasteiger partial charge < -0.3 is 0 Å². The summed E-state index contributed by atoms with van der Waals surface area (Å²) in [7, 11) is 0. The molecule has 240 valence electrons. The first-order chi connectivity index (χ1) is 23.4. The van der Waals surface area contributed by atoms with Gasteiger partial charge in [0.05, 0.1) is 24.9 Å². The molecule has 5 heterocycles. The molecule has 0 saturated heterocycles. The molecule has 0 aliphatic carbocycles. The van der Waals surface area contributed by atoms with E-state index >= 15 is 0 Å². The van der Waals surface area contributed by atoms with E-state index in [1.54, 1.807) is 43.6 Å². The molecule has 6 aromatic rings. The van der Waals surface area contributed by atoms with E-state index in [-0.39, 0.29) is 0 Å². The van der Waals surface area contributed by atoms with Crippen LogP contribution in [0.25, 0.3) is 0 Å². The van der Waals surface area contributed by atoms with Gasteiger partial charge in [0.25, 0.3) is 0 Å². The topological polar surface area (TPSA) is 184 Å². The second kappa shape index (κ2) is 13.7. The van der Waals surface area contributed by atoms with E-state index in [9.17, 15) is 0 Å². The van der Waals surface area contributed by atoms with Crippen molar-refractivity contribution >= 4 is 73.7 Å². The van der Waals surface area contributed by atoms with Crippen molar-refractivity contribution in [2.24, 2.45) is 20.4 Å². The Balaban J connectivity index is 1.32. The molecule has 1 aliphatic rings. The molecule has 1 aliphatic heterocycles. The van der Waals surface area contributed by atoms with Gasteiger partial charge in [-0.25, -0.2) is 0 Å². The summed E-state index contributed by atoms with van der Waals surface area (Å²) < 4.78 is 7.69. The van der Waals surface area contributed by atoms with Crippen LogP contribution in [0.5, 0.6) is 0 Å². The third-order valence-electron chi connectivity index (χ3n) is 7.26. The van der Waals surface area contributed by atoms with E-state index in [1.165, 1.54) is 0 Å². The highest BCUT2D eigenvalue weighted by atomic mass is 32.1. The van der Waals surface area contributed by atoms with Gasteiger partial charge in [0.15, 0.2) is 23.3 Å². The zero-order valence-corrected chi connectivity index (χ0v) is 28.0. The van der Waals surface area contributed by atoms with E-state index in [4.69, 9.17) is 48.9 Å². The number of hydrogen-bond donors (Lipinski definition) is 4. The SMILES string of the molecule is S=c1[nH]nc2n1/N=C/c1ccccc1/C=N/n1c(n[nH]c1=S)CCc1n[nH]c(=S)n1/N=C/c1ccccc1/C=N/n1c(n[nH]c1=S)CC2. The molecule has 0 fully saturated rings. The third kappa shape index (κ3) is 6.53. The van der Waals surface area contributed by atoms with E-state index in [1.807, 2.05) is 48.5 Å². The van der Waals surface area contributed by atoms with Gasteiger partial charge in [0.2, 0.25) is 19.1 Å². The van der Waals surface area contributed by atoms with Gasteiger partial charge in [-0.3, -0.25) is 20.4 Å². The van der Waals surface area contributed by atoms with Gasteiger partial charge in [-0.2, -0.15) is 59.5 Å². The predicted octanol–water partition coefficient (Wildman–Crippen LogP) is 4.12. The molecule has 4 N–H and O–H groups in total. The Kier molecular flexibility index (Phi) is 8.92. The number of hydrogen-bond acceptors (Lipinski definition) is 12. The van der Waals surface area contributed by atoms with Crippen LogP contribution in [0.1, 0.15) is 45.6 Å². The summed E-state index contributed by atoms with van der Waals surface area (Å²) >= 11 is 22.0. The second-order valence-corrected chi connectivity index (χ2v) is 11.8. The van der Waals surface area contributed by atoms with Crippen LogP contribution < -0.4 is 0 Å². The summed E-state index contributed by atoms with van der Waals surface area (Å²) in [6, 6.07) is 15.3. The molecule has 0 radical (unpaired) electrons. The molecule has 48 heavy (non-hydrogen) atoms. The zero-order valence-electron chi connectivity index (χ0n) is 24.8. The molecule has 7 rings (SSSR count). The van der Waals surface area contributed by atoms with Crippen molar-refractivity contribution in [3.8, 4) is 0 Å². The Morgan fingerprint density at radius 2 is 0.625 bits per heavy atom. The van der Waals surface area contributed by atoms with Crippen LogP contribution >= 0.6 is 48.9 Å². The molecule has 0 atom stereocenters. The average molecular weight is 713 g/mol. The Labute approximate surface area is 291 Å². The van der Waals surface area contributed by atoms with Crippen molar-refractivity contribution in [1.29, 1.82) is 0 Å². The van der Waals surface area contributed by atoms with E-state index < -0.39 is 0 Å². The van der Waals surface area contributed by atoms with Gasteiger partial charge in [0, 0.05) is 47.9 Å². The smallest absolute Gasteiger partial charge is 0.216 e. The lowest BCUT2D eigenvalue weighted by Crippen LogP contribution is -2.07. The highest BCUT2D eigenvalue weighted by Crippen LogP contribution is 2.11. The van der Waals surface area contributed by atoms with Crippen molar-refractivity contribution in [2.45, 2.75) is 25.7 Å². The maximum atomic E-state index is 5.49. The van der Waals surface area contributed by atoms with Crippen LogP contribution in [-0.2, 0) is 25.7 Å². The van der Waals surface area contributed by atoms with Crippen LogP contribution in [-0.4, -0.2) is 84.4 Å². The molecule has 0 unspecified atom stereocenters. The van der Waals surface area contributed by atoms with E-state index in [0.717, 1.165) is 22.3 Å². The van der Waals surface area contributed by atoms with E-state index in [0.29, 0.717) is 68.1 Å². The number of aryl methyl sites for hydroxylation is 4. The Bertz CT molecular complexity index is 2130. The third-order valence-corrected chi connectivity index (χ3v) is 8.31. The minimum absolute atomic E-state index is 0.347. The zero-order chi connectivity index (χ0) is 33.0. The monoisotopic (exact) mass is 712 g/mol. The molecule has 2 aromatic carbocycles. The number of H-pyrrole nitrogens is 4. The summed E-state index contributed by atoms with van der Waals surface area (Å²) in [5, 5.41) is 47.5. The summed E-state index contributed by atoms with van der Waals surface area (Å²) in [4.78, 5) is 0. The lowest BCUT2D eigenvalue weighted by atomic mass is 10.1. The van der Waals surface area contributed by atoms with Crippen LogP contribution in [0, 0.1) is 19.1 Å². The average Bonchev–Trinajstić information content (AvgIpc) is 3.84. The maximum absolute atomic E-state index is 5.49. The number of nitrogens with zero attached hydrogens (tertiary/aromatic N) is 12. The molecule has 4 aromatic heterocycles. The standard InChI is InChI=1S/C28H24N16S4/c45-25-37-33-21-9-10-23-35-39-27(47)43(23)31-15-19-7-3-4-8-20(19)16-32-44-24(36-40-28(44)48)12-11-22-34-38-26(46)42(22)30-14-18-6-2-1-5-17(18)13-29-41(21)25/h1-8,13-16H,9-12H2,(H,37,45)(H,38,46)(H,39,47)(H,40,48)/b29-13+,30-14+,31-15+,32-16+. The van der Waals surface area contributed by atoms with Crippen molar-refractivity contribution < 1.29 is 0 Å². The van der Waals surface area contributed by atoms with Crippen molar-refractivity contribution in [2.75, 3.05) is 0 Å². The molecule has 0 spiro atoms. The van der Waals surface area contributed by atoms with Crippen LogP contribution in [0.2, 0.25) is 0 Å². The number of nitrogens with one attached hydrogen (secondary N) is 4. The number of benzene rings is 2. The number of aromatic amines is 4. The first-order valence-corrected chi connectivity index (χ1v) is 16.1.